The zero-order chi connectivity index (χ0) is 20.1. The predicted molar refractivity (Wildman–Crippen MR) is 113 cm³/mol. The van der Waals surface area contributed by atoms with Crippen LogP contribution >= 0.6 is 0 Å². The molecule has 3 aromatic rings. The third kappa shape index (κ3) is 4.90. The van der Waals surface area contributed by atoms with Gasteiger partial charge in [0.25, 0.3) is 0 Å². The first-order valence-corrected chi connectivity index (χ1v) is 9.84. The van der Waals surface area contributed by atoms with Gasteiger partial charge in [-0.1, -0.05) is 12.1 Å². The lowest BCUT2D eigenvalue weighted by molar-refractivity contribution is -0.120. The molecular formula is C23H24N4O2. The van der Waals surface area contributed by atoms with E-state index in [-0.39, 0.29) is 11.8 Å². The standard InChI is InChI=1S/C23H24N4O2/c1-17-3-2-4-21(15-17)29-20-7-5-19(6-8-20)26-23(28)18-9-13-27(14-10-18)22-16-24-11-12-25-22/h2-8,11-12,15-16,18H,9-10,13-14H2,1H3,(H,26,28). The number of anilines is 2. The molecule has 1 aliphatic rings. The molecule has 0 aliphatic carbocycles. The number of nitrogens with one attached hydrogen (secondary N) is 1. The lowest BCUT2D eigenvalue weighted by Gasteiger charge is -2.31. The molecule has 0 spiro atoms. The van der Waals surface area contributed by atoms with Crippen molar-refractivity contribution < 1.29 is 9.53 Å². The van der Waals surface area contributed by atoms with Crippen LogP contribution in [0.3, 0.4) is 0 Å². The Labute approximate surface area is 170 Å². The number of ether oxygens (including phenoxy) is 1. The molecule has 0 radical (unpaired) electrons. The molecule has 0 bridgehead atoms. The first kappa shape index (κ1) is 18.9. The second kappa shape index (κ2) is 8.73. The number of amides is 1. The number of piperidine rings is 1. The van der Waals surface area contributed by atoms with E-state index in [1.54, 1.807) is 18.6 Å². The summed E-state index contributed by atoms with van der Waals surface area (Å²) in [4.78, 5) is 23.3. The molecule has 1 saturated heterocycles. The van der Waals surface area contributed by atoms with Crippen molar-refractivity contribution in [3.05, 3.63) is 72.7 Å². The van der Waals surface area contributed by atoms with Gasteiger partial charge in [-0.25, -0.2) is 4.98 Å². The zero-order valence-corrected chi connectivity index (χ0v) is 16.4. The van der Waals surface area contributed by atoms with Crippen molar-refractivity contribution in [2.24, 2.45) is 5.92 Å². The van der Waals surface area contributed by atoms with E-state index in [4.69, 9.17) is 4.74 Å². The third-order valence-electron chi connectivity index (χ3n) is 5.09. The van der Waals surface area contributed by atoms with Gasteiger partial charge in [0.15, 0.2) is 0 Å². The van der Waals surface area contributed by atoms with Crippen LogP contribution in [0.1, 0.15) is 18.4 Å². The highest BCUT2D eigenvalue weighted by Gasteiger charge is 2.25. The summed E-state index contributed by atoms with van der Waals surface area (Å²) in [6, 6.07) is 15.4. The van der Waals surface area contributed by atoms with E-state index in [0.717, 1.165) is 54.5 Å². The Kier molecular flexibility index (Phi) is 5.70. The van der Waals surface area contributed by atoms with Crippen LogP contribution in [0.5, 0.6) is 11.5 Å². The van der Waals surface area contributed by atoms with Crippen LogP contribution in [0.25, 0.3) is 0 Å². The van der Waals surface area contributed by atoms with Gasteiger partial charge in [-0.2, -0.15) is 0 Å². The molecule has 4 rings (SSSR count). The molecule has 1 amide bonds. The number of carbonyl (C=O) groups is 1. The van der Waals surface area contributed by atoms with Gasteiger partial charge >= 0.3 is 0 Å². The van der Waals surface area contributed by atoms with Gasteiger partial charge in [0.05, 0.1) is 6.20 Å². The van der Waals surface area contributed by atoms with E-state index in [2.05, 4.69) is 20.2 Å². The minimum absolute atomic E-state index is 0.00569. The third-order valence-corrected chi connectivity index (χ3v) is 5.09. The number of carbonyl (C=O) groups excluding carboxylic acids is 1. The Morgan fingerprint density at radius 1 is 1.07 bits per heavy atom. The molecule has 2 heterocycles. The van der Waals surface area contributed by atoms with Crippen molar-refractivity contribution in [3.63, 3.8) is 0 Å². The highest BCUT2D eigenvalue weighted by Crippen LogP contribution is 2.25. The van der Waals surface area contributed by atoms with Crippen molar-refractivity contribution in [2.75, 3.05) is 23.3 Å². The number of nitrogens with zero attached hydrogens (tertiary/aromatic N) is 3. The zero-order valence-electron chi connectivity index (χ0n) is 16.4. The summed E-state index contributed by atoms with van der Waals surface area (Å²) in [6.07, 6.45) is 6.73. The second-order valence-corrected chi connectivity index (χ2v) is 7.26. The summed E-state index contributed by atoms with van der Waals surface area (Å²) < 4.78 is 5.86. The largest absolute Gasteiger partial charge is 0.457 e. The molecule has 1 aromatic heterocycles. The van der Waals surface area contributed by atoms with Crippen LogP contribution in [0.4, 0.5) is 11.5 Å². The molecule has 1 fully saturated rings. The summed E-state index contributed by atoms with van der Waals surface area (Å²) in [6.45, 7) is 3.64. The molecular weight excluding hydrogens is 364 g/mol. The number of hydrogen-bond acceptors (Lipinski definition) is 5. The van der Waals surface area contributed by atoms with Gasteiger partial charge < -0.3 is 15.0 Å². The van der Waals surface area contributed by atoms with Gasteiger partial charge in [0, 0.05) is 37.1 Å². The second-order valence-electron chi connectivity index (χ2n) is 7.26. The molecule has 148 valence electrons. The summed E-state index contributed by atoms with van der Waals surface area (Å²) >= 11 is 0. The van der Waals surface area contributed by atoms with Gasteiger partial charge in [-0.05, 0) is 61.7 Å². The van der Waals surface area contributed by atoms with Crippen LogP contribution in [0.2, 0.25) is 0 Å². The van der Waals surface area contributed by atoms with E-state index in [9.17, 15) is 4.79 Å². The summed E-state index contributed by atoms with van der Waals surface area (Å²) in [7, 11) is 0. The van der Waals surface area contributed by atoms with E-state index >= 15 is 0 Å². The number of aryl methyl sites for hydroxylation is 1. The normalized spacial score (nSPS) is 14.4. The fourth-order valence-electron chi connectivity index (χ4n) is 3.49. The van der Waals surface area contributed by atoms with E-state index in [0.29, 0.717) is 0 Å². The van der Waals surface area contributed by atoms with Crippen molar-refractivity contribution in [2.45, 2.75) is 19.8 Å². The minimum Gasteiger partial charge on any atom is -0.457 e. The fourth-order valence-corrected chi connectivity index (χ4v) is 3.49. The summed E-state index contributed by atoms with van der Waals surface area (Å²) in [5.41, 5.74) is 1.93. The first-order chi connectivity index (χ1) is 14.2. The Morgan fingerprint density at radius 2 is 1.86 bits per heavy atom. The Balaban J connectivity index is 1.30. The Morgan fingerprint density at radius 3 is 2.55 bits per heavy atom. The Hall–Kier alpha value is -3.41. The lowest BCUT2D eigenvalue weighted by Crippen LogP contribution is -2.38. The maximum atomic E-state index is 12.6. The summed E-state index contributed by atoms with van der Waals surface area (Å²) in [5.74, 6) is 2.49. The molecule has 29 heavy (non-hydrogen) atoms. The highest BCUT2D eigenvalue weighted by atomic mass is 16.5. The molecule has 0 saturated carbocycles. The highest BCUT2D eigenvalue weighted by molar-refractivity contribution is 5.92. The molecule has 6 heteroatoms. The van der Waals surface area contributed by atoms with Crippen LogP contribution < -0.4 is 15.0 Å². The van der Waals surface area contributed by atoms with E-state index in [1.807, 2.05) is 55.5 Å². The number of hydrogen-bond donors (Lipinski definition) is 1. The van der Waals surface area contributed by atoms with Gasteiger partial charge in [0.1, 0.15) is 17.3 Å². The predicted octanol–water partition coefficient (Wildman–Crippen LogP) is 4.43. The topological polar surface area (TPSA) is 67.3 Å². The monoisotopic (exact) mass is 388 g/mol. The minimum atomic E-state index is 0.00569. The van der Waals surface area contributed by atoms with Crippen LogP contribution in [0.15, 0.2) is 67.1 Å². The van der Waals surface area contributed by atoms with Crippen LogP contribution in [-0.4, -0.2) is 29.0 Å². The quantitative estimate of drug-likeness (QED) is 0.700. The molecule has 1 aliphatic heterocycles. The van der Waals surface area contributed by atoms with Crippen LogP contribution in [-0.2, 0) is 4.79 Å². The molecule has 0 atom stereocenters. The van der Waals surface area contributed by atoms with Gasteiger partial charge in [0.2, 0.25) is 5.91 Å². The lowest BCUT2D eigenvalue weighted by atomic mass is 9.96. The maximum Gasteiger partial charge on any atom is 0.227 e. The number of benzene rings is 2. The fraction of sp³-hybridized carbons (Fsp3) is 0.261. The van der Waals surface area contributed by atoms with Crippen molar-refractivity contribution in [1.29, 1.82) is 0 Å². The molecule has 2 aromatic carbocycles. The van der Waals surface area contributed by atoms with E-state index in [1.165, 1.54) is 0 Å². The molecule has 6 nitrogen and oxygen atoms in total. The molecule has 0 unspecified atom stereocenters. The van der Waals surface area contributed by atoms with Crippen molar-refractivity contribution in [3.8, 4) is 11.5 Å². The van der Waals surface area contributed by atoms with E-state index < -0.39 is 0 Å². The van der Waals surface area contributed by atoms with Crippen molar-refractivity contribution >= 4 is 17.4 Å². The average molecular weight is 388 g/mol. The first-order valence-electron chi connectivity index (χ1n) is 9.84. The Bertz CT molecular complexity index is 952. The van der Waals surface area contributed by atoms with Crippen molar-refractivity contribution in [1.82, 2.24) is 9.97 Å². The SMILES string of the molecule is Cc1cccc(Oc2ccc(NC(=O)C3CCN(c4cnccn4)CC3)cc2)c1. The smallest absolute Gasteiger partial charge is 0.227 e. The average Bonchev–Trinajstić information content (AvgIpc) is 2.76. The van der Waals surface area contributed by atoms with Gasteiger partial charge in [-0.3, -0.25) is 9.78 Å². The van der Waals surface area contributed by atoms with Gasteiger partial charge in [-0.15, -0.1) is 0 Å². The summed E-state index contributed by atoms with van der Waals surface area (Å²) in [5, 5.41) is 3.03. The number of aromatic nitrogens is 2. The maximum absolute atomic E-state index is 12.6. The molecule has 1 N–H and O–H groups in total. The number of rotatable bonds is 5. The van der Waals surface area contributed by atoms with Crippen LogP contribution in [0, 0.1) is 12.8 Å².